The summed E-state index contributed by atoms with van der Waals surface area (Å²) in [4.78, 5) is 0.220. The van der Waals surface area contributed by atoms with Gasteiger partial charge in [-0.15, -0.1) is 11.8 Å². The second-order valence-corrected chi connectivity index (χ2v) is 5.46. The van der Waals surface area contributed by atoms with Gasteiger partial charge in [-0.05, 0) is 37.0 Å². The quantitative estimate of drug-likeness (QED) is 0.797. The Bertz CT molecular complexity index is 411. The normalized spacial score (nSPS) is 19.1. The molecule has 1 aliphatic carbocycles. The van der Waals surface area contributed by atoms with E-state index in [1.807, 2.05) is 0 Å². The van der Waals surface area contributed by atoms with Gasteiger partial charge in [0.15, 0.2) is 0 Å². The minimum absolute atomic E-state index is 0.154. The molecule has 1 aromatic carbocycles. The van der Waals surface area contributed by atoms with E-state index in [0.717, 1.165) is 42.8 Å². The molecule has 0 bridgehead atoms. The van der Waals surface area contributed by atoms with Crippen LogP contribution >= 0.6 is 11.8 Å². The molecule has 94 valence electrons. The summed E-state index contributed by atoms with van der Waals surface area (Å²) in [5, 5.41) is 10.2. The van der Waals surface area contributed by atoms with E-state index in [9.17, 15) is 13.9 Å². The van der Waals surface area contributed by atoms with Crippen molar-refractivity contribution < 1.29 is 13.9 Å². The van der Waals surface area contributed by atoms with Gasteiger partial charge in [0.1, 0.15) is 11.6 Å². The molecule has 1 atom stereocenters. The smallest absolute Gasteiger partial charge is 0.136 e. The standard InChI is InChI=1S/C12H15F2NOS/c13-9-3-4-10(14)11(5-9)17-7-12(16,6-15)8-1-2-8/h3-5,8,16H,1-2,6-7,15H2. The average Bonchev–Trinajstić information content (AvgIpc) is 3.14. The minimum Gasteiger partial charge on any atom is -0.387 e. The second-order valence-electron chi connectivity index (χ2n) is 4.45. The van der Waals surface area contributed by atoms with Gasteiger partial charge >= 0.3 is 0 Å². The lowest BCUT2D eigenvalue weighted by Crippen LogP contribution is -2.42. The van der Waals surface area contributed by atoms with Crippen LogP contribution in [0.2, 0.25) is 0 Å². The highest BCUT2D eigenvalue weighted by molar-refractivity contribution is 7.99. The van der Waals surface area contributed by atoms with E-state index < -0.39 is 17.2 Å². The highest BCUT2D eigenvalue weighted by atomic mass is 32.2. The lowest BCUT2D eigenvalue weighted by Gasteiger charge is -2.25. The predicted molar refractivity (Wildman–Crippen MR) is 63.8 cm³/mol. The molecule has 1 aliphatic rings. The average molecular weight is 259 g/mol. The first kappa shape index (κ1) is 12.8. The maximum atomic E-state index is 13.4. The topological polar surface area (TPSA) is 46.2 Å². The lowest BCUT2D eigenvalue weighted by atomic mass is 10.0. The molecule has 17 heavy (non-hydrogen) atoms. The molecule has 0 amide bonds. The highest BCUT2D eigenvalue weighted by Crippen LogP contribution is 2.42. The molecule has 1 fully saturated rings. The number of benzene rings is 1. The maximum absolute atomic E-state index is 13.4. The molecule has 2 rings (SSSR count). The molecule has 1 aromatic rings. The van der Waals surface area contributed by atoms with Crippen molar-refractivity contribution in [3.63, 3.8) is 0 Å². The number of aliphatic hydroxyl groups is 1. The van der Waals surface area contributed by atoms with Gasteiger partial charge in [0.2, 0.25) is 0 Å². The SMILES string of the molecule is NCC(O)(CSc1cc(F)ccc1F)C1CC1. The number of rotatable bonds is 5. The fourth-order valence-corrected chi connectivity index (χ4v) is 2.92. The van der Waals surface area contributed by atoms with Crippen LogP contribution in [-0.4, -0.2) is 23.0 Å². The lowest BCUT2D eigenvalue weighted by molar-refractivity contribution is 0.0510. The van der Waals surface area contributed by atoms with Crippen LogP contribution in [0.1, 0.15) is 12.8 Å². The minimum atomic E-state index is -0.955. The van der Waals surface area contributed by atoms with Gasteiger partial charge in [-0.25, -0.2) is 8.78 Å². The fraction of sp³-hybridized carbons (Fsp3) is 0.500. The third kappa shape index (κ3) is 2.97. The zero-order chi connectivity index (χ0) is 12.5. The predicted octanol–water partition coefficient (Wildman–Crippen LogP) is 2.16. The Morgan fingerprint density at radius 2 is 2.12 bits per heavy atom. The Morgan fingerprint density at radius 1 is 1.41 bits per heavy atom. The monoisotopic (exact) mass is 259 g/mol. The molecule has 0 spiro atoms. The molecular formula is C12H15F2NOS. The second kappa shape index (κ2) is 4.92. The fourth-order valence-electron chi connectivity index (χ4n) is 1.75. The molecule has 0 aliphatic heterocycles. The summed E-state index contributed by atoms with van der Waals surface area (Å²) in [6.45, 7) is 0.154. The van der Waals surface area contributed by atoms with Gasteiger partial charge in [-0.2, -0.15) is 0 Å². The number of nitrogens with two attached hydrogens (primary N) is 1. The molecule has 1 saturated carbocycles. The van der Waals surface area contributed by atoms with Crippen LogP contribution in [0.25, 0.3) is 0 Å². The molecule has 0 saturated heterocycles. The molecule has 0 radical (unpaired) electrons. The van der Waals surface area contributed by atoms with Crippen LogP contribution in [0, 0.1) is 17.6 Å². The maximum Gasteiger partial charge on any atom is 0.136 e. The summed E-state index contributed by atoms with van der Waals surface area (Å²) in [6.07, 6.45) is 1.92. The van der Waals surface area contributed by atoms with Gasteiger partial charge in [0.25, 0.3) is 0 Å². The van der Waals surface area contributed by atoms with Crippen molar-refractivity contribution >= 4 is 11.8 Å². The van der Waals surface area contributed by atoms with Crippen LogP contribution in [0.3, 0.4) is 0 Å². The first-order valence-corrected chi connectivity index (χ1v) is 6.54. The molecule has 1 unspecified atom stereocenters. The van der Waals surface area contributed by atoms with Crippen molar-refractivity contribution in [2.75, 3.05) is 12.3 Å². The van der Waals surface area contributed by atoms with Gasteiger partial charge in [-0.1, -0.05) is 0 Å². The van der Waals surface area contributed by atoms with E-state index >= 15 is 0 Å². The van der Waals surface area contributed by atoms with Crippen LogP contribution in [0.5, 0.6) is 0 Å². The molecular weight excluding hydrogens is 244 g/mol. The summed E-state index contributed by atoms with van der Waals surface area (Å²) in [5.41, 5.74) is 4.59. The van der Waals surface area contributed by atoms with Gasteiger partial charge in [0.05, 0.1) is 5.60 Å². The summed E-state index contributed by atoms with van der Waals surface area (Å²) >= 11 is 1.12. The van der Waals surface area contributed by atoms with Gasteiger partial charge in [0, 0.05) is 17.2 Å². The van der Waals surface area contributed by atoms with E-state index in [1.165, 1.54) is 0 Å². The largest absolute Gasteiger partial charge is 0.387 e. The van der Waals surface area contributed by atoms with Crippen LogP contribution in [0.15, 0.2) is 23.1 Å². The van der Waals surface area contributed by atoms with Crippen molar-refractivity contribution in [2.45, 2.75) is 23.3 Å². The first-order valence-electron chi connectivity index (χ1n) is 5.55. The van der Waals surface area contributed by atoms with Crippen molar-refractivity contribution in [3.8, 4) is 0 Å². The molecule has 2 nitrogen and oxygen atoms in total. The number of halogens is 2. The third-order valence-electron chi connectivity index (χ3n) is 3.06. The van der Waals surface area contributed by atoms with Gasteiger partial charge < -0.3 is 10.8 Å². The van der Waals surface area contributed by atoms with Crippen LogP contribution in [0.4, 0.5) is 8.78 Å². The zero-order valence-corrected chi connectivity index (χ0v) is 10.1. The van der Waals surface area contributed by atoms with Crippen molar-refractivity contribution in [3.05, 3.63) is 29.8 Å². The van der Waals surface area contributed by atoms with E-state index in [4.69, 9.17) is 5.73 Å². The van der Waals surface area contributed by atoms with Gasteiger partial charge in [-0.3, -0.25) is 0 Å². The third-order valence-corrected chi connectivity index (χ3v) is 4.33. The number of hydrogen-bond acceptors (Lipinski definition) is 3. The van der Waals surface area contributed by atoms with Crippen molar-refractivity contribution in [1.29, 1.82) is 0 Å². The summed E-state index contributed by atoms with van der Waals surface area (Å²) in [6, 6.07) is 3.32. The Labute approximate surface area is 103 Å². The van der Waals surface area contributed by atoms with E-state index in [-0.39, 0.29) is 17.4 Å². The summed E-state index contributed by atoms with van der Waals surface area (Å²) < 4.78 is 26.3. The van der Waals surface area contributed by atoms with Crippen LogP contribution in [-0.2, 0) is 0 Å². The molecule has 5 heteroatoms. The first-order chi connectivity index (χ1) is 8.05. The Morgan fingerprint density at radius 3 is 2.71 bits per heavy atom. The zero-order valence-electron chi connectivity index (χ0n) is 9.33. The number of hydrogen-bond donors (Lipinski definition) is 2. The van der Waals surface area contributed by atoms with E-state index in [1.54, 1.807) is 0 Å². The highest BCUT2D eigenvalue weighted by Gasteiger charge is 2.42. The Kier molecular flexibility index (Phi) is 3.70. The Hall–Kier alpha value is -0.650. The van der Waals surface area contributed by atoms with E-state index in [2.05, 4.69) is 0 Å². The molecule has 0 aromatic heterocycles. The molecule has 0 heterocycles. The summed E-state index contributed by atoms with van der Waals surface area (Å²) in [7, 11) is 0. The van der Waals surface area contributed by atoms with Crippen molar-refractivity contribution in [1.82, 2.24) is 0 Å². The number of thioether (sulfide) groups is 1. The molecule has 3 N–H and O–H groups in total. The Balaban J connectivity index is 2.03. The van der Waals surface area contributed by atoms with Crippen LogP contribution < -0.4 is 5.73 Å². The van der Waals surface area contributed by atoms with Crippen molar-refractivity contribution in [2.24, 2.45) is 11.7 Å². The van der Waals surface area contributed by atoms with E-state index in [0.29, 0.717) is 5.75 Å². The summed E-state index contributed by atoms with van der Waals surface area (Å²) in [5.74, 6) is -0.436.